The lowest BCUT2D eigenvalue weighted by Gasteiger charge is -2.10. The number of hydrogen-bond acceptors (Lipinski definition) is 4. The summed E-state index contributed by atoms with van der Waals surface area (Å²) < 4.78 is 6.97. The highest BCUT2D eigenvalue weighted by atomic mass is 79.9. The zero-order valence-corrected chi connectivity index (χ0v) is 13.2. The lowest BCUT2D eigenvalue weighted by Crippen LogP contribution is -1.93. The summed E-state index contributed by atoms with van der Waals surface area (Å²) in [5.74, 6) is 0.770. The molecule has 0 unspecified atom stereocenters. The molecule has 0 aliphatic carbocycles. The number of halogens is 2. The van der Waals surface area contributed by atoms with E-state index < -0.39 is 4.92 Å². The molecular weight excluding hydrogens is 394 g/mol. The van der Waals surface area contributed by atoms with Crippen molar-refractivity contribution < 1.29 is 14.8 Å². The number of aliphatic hydroxyl groups is 1. The van der Waals surface area contributed by atoms with Gasteiger partial charge >= 0.3 is 0 Å². The number of aliphatic hydroxyl groups excluding tert-OH is 1. The van der Waals surface area contributed by atoms with Crippen molar-refractivity contribution in [2.75, 3.05) is 0 Å². The highest BCUT2D eigenvalue weighted by molar-refractivity contribution is 9.10. The standard InChI is InChI=1S/C13H9Br2NO4/c14-9-1-2-13(8(3-9)7-17)20-12-5-10(15)4-11(6-12)16(18)19/h1-6,17H,7H2. The molecule has 0 bridgehead atoms. The molecule has 0 atom stereocenters. The van der Waals surface area contributed by atoms with Crippen molar-refractivity contribution in [3.8, 4) is 11.5 Å². The maximum Gasteiger partial charge on any atom is 0.274 e. The molecule has 0 aliphatic heterocycles. The molecule has 2 rings (SSSR count). The van der Waals surface area contributed by atoms with E-state index in [1.54, 1.807) is 24.3 Å². The third kappa shape index (κ3) is 3.56. The van der Waals surface area contributed by atoms with Crippen LogP contribution in [0.5, 0.6) is 11.5 Å². The van der Waals surface area contributed by atoms with Crippen molar-refractivity contribution in [1.82, 2.24) is 0 Å². The summed E-state index contributed by atoms with van der Waals surface area (Å²) in [5, 5.41) is 20.1. The number of nitro benzene ring substituents is 1. The third-order valence-electron chi connectivity index (χ3n) is 2.49. The Morgan fingerprint density at radius 3 is 2.55 bits per heavy atom. The molecule has 0 saturated heterocycles. The molecule has 0 amide bonds. The van der Waals surface area contributed by atoms with Crippen LogP contribution in [-0.4, -0.2) is 10.0 Å². The fraction of sp³-hybridized carbons (Fsp3) is 0.0769. The van der Waals surface area contributed by atoms with Crippen LogP contribution in [0.4, 0.5) is 5.69 Å². The molecule has 7 heteroatoms. The van der Waals surface area contributed by atoms with Crippen LogP contribution in [-0.2, 0) is 6.61 Å². The Labute approximate surface area is 131 Å². The quantitative estimate of drug-likeness (QED) is 0.607. The van der Waals surface area contributed by atoms with Crippen molar-refractivity contribution in [2.24, 2.45) is 0 Å². The normalized spacial score (nSPS) is 10.3. The highest BCUT2D eigenvalue weighted by Gasteiger charge is 2.11. The van der Waals surface area contributed by atoms with Gasteiger partial charge in [0.15, 0.2) is 0 Å². The Morgan fingerprint density at radius 2 is 1.90 bits per heavy atom. The summed E-state index contributed by atoms with van der Waals surface area (Å²) in [4.78, 5) is 10.3. The molecule has 2 aromatic carbocycles. The summed E-state index contributed by atoms with van der Waals surface area (Å²) >= 11 is 6.50. The molecule has 104 valence electrons. The van der Waals surface area contributed by atoms with Gasteiger partial charge in [-0.05, 0) is 24.3 Å². The molecule has 5 nitrogen and oxygen atoms in total. The highest BCUT2D eigenvalue weighted by Crippen LogP contribution is 2.32. The van der Waals surface area contributed by atoms with Crippen LogP contribution < -0.4 is 4.74 Å². The number of rotatable bonds is 4. The SMILES string of the molecule is O=[N+]([O-])c1cc(Br)cc(Oc2ccc(Br)cc2CO)c1. The van der Waals surface area contributed by atoms with Crippen LogP contribution in [0.25, 0.3) is 0 Å². The molecule has 0 saturated carbocycles. The predicted molar refractivity (Wildman–Crippen MR) is 80.9 cm³/mol. The van der Waals surface area contributed by atoms with Crippen molar-refractivity contribution in [3.63, 3.8) is 0 Å². The molecule has 0 fully saturated rings. The Kier molecular flexibility index (Phi) is 4.74. The fourth-order valence-electron chi connectivity index (χ4n) is 1.61. The average molecular weight is 403 g/mol. The second-order valence-electron chi connectivity index (χ2n) is 3.91. The summed E-state index contributed by atoms with van der Waals surface area (Å²) in [7, 11) is 0. The van der Waals surface area contributed by atoms with Gasteiger partial charge in [0, 0.05) is 20.6 Å². The zero-order valence-electron chi connectivity index (χ0n) is 10.0. The number of ether oxygens (including phenoxy) is 1. The van der Waals surface area contributed by atoms with Gasteiger partial charge in [0.1, 0.15) is 11.5 Å². The maximum atomic E-state index is 10.8. The molecular formula is C13H9Br2NO4. The number of nitro groups is 1. The zero-order chi connectivity index (χ0) is 14.7. The van der Waals surface area contributed by atoms with Crippen LogP contribution in [0.3, 0.4) is 0 Å². The predicted octanol–water partition coefficient (Wildman–Crippen LogP) is 4.40. The van der Waals surface area contributed by atoms with E-state index in [1.165, 1.54) is 12.1 Å². The van der Waals surface area contributed by atoms with Crippen LogP contribution in [0.15, 0.2) is 45.3 Å². The van der Waals surface area contributed by atoms with E-state index >= 15 is 0 Å². The lowest BCUT2D eigenvalue weighted by atomic mass is 10.2. The molecule has 20 heavy (non-hydrogen) atoms. The second kappa shape index (κ2) is 6.34. The van der Waals surface area contributed by atoms with Crippen LogP contribution in [0.1, 0.15) is 5.56 Å². The van der Waals surface area contributed by atoms with Gasteiger partial charge in [-0.25, -0.2) is 0 Å². The Bertz CT molecular complexity index is 661. The van der Waals surface area contributed by atoms with E-state index in [4.69, 9.17) is 4.74 Å². The van der Waals surface area contributed by atoms with E-state index in [0.717, 1.165) is 4.47 Å². The van der Waals surface area contributed by atoms with E-state index in [-0.39, 0.29) is 12.3 Å². The number of benzene rings is 2. The molecule has 0 spiro atoms. The van der Waals surface area contributed by atoms with Gasteiger partial charge in [0.05, 0.1) is 17.6 Å². The summed E-state index contributed by atoms with van der Waals surface area (Å²) in [5.41, 5.74) is 0.513. The van der Waals surface area contributed by atoms with E-state index in [9.17, 15) is 15.2 Å². The summed E-state index contributed by atoms with van der Waals surface area (Å²) in [6.45, 7) is -0.190. The Balaban J connectivity index is 2.37. The first-order chi connectivity index (χ1) is 9.49. The van der Waals surface area contributed by atoms with Crippen LogP contribution in [0, 0.1) is 10.1 Å². The first kappa shape index (κ1) is 15.0. The minimum atomic E-state index is -0.494. The second-order valence-corrected chi connectivity index (χ2v) is 5.75. The topological polar surface area (TPSA) is 72.6 Å². The van der Waals surface area contributed by atoms with Crippen molar-refractivity contribution in [3.05, 3.63) is 61.0 Å². The fourth-order valence-corrected chi connectivity index (χ4v) is 2.48. The van der Waals surface area contributed by atoms with Gasteiger partial charge in [-0.1, -0.05) is 31.9 Å². The van der Waals surface area contributed by atoms with Gasteiger partial charge < -0.3 is 9.84 Å². The van der Waals surface area contributed by atoms with Gasteiger partial charge in [0.2, 0.25) is 0 Å². The number of non-ortho nitro benzene ring substituents is 1. The van der Waals surface area contributed by atoms with Gasteiger partial charge in [-0.3, -0.25) is 10.1 Å². The third-order valence-corrected chi connectivity index (χ3v) is 3.44. The van der Waals surface area contributed by atoms with Crippen LogP contribution >= 0.6 is 31.9 Å². The van der Waals surface area contributed by atoms with E-state index in [1.807, 2.05) is 0 Å². The molecule has 0 aromatic heterocycles. The minimum Gasteiger partial charge on any atom is -0.457 e. The molecule has 0 radical (unpaired) electrons. The summed E-state index contributed by atoms with van der Waals surface area (Å²) in [6.07, 6.45) is 0. The van der Waals surface area contributed by atoms with Gasteiger partial charge in [-0.15, -0.1) is 0 Å². The van der Waals surface area contributed by atoms with E-state index in [0.29, 0.717) is 21.5 Å². The van der Waals surface area contributed by atoms with Crippen molar-refractivity contribution >= 4 is 37.5 Å². The maximum absolute atomic E-state index is 10.8. The molecule has 0 aliphatic rings. The lowest BCUT2D eigenvalue weighted by molar-refractivity contribution is -0.385. The van der Waals surface area contributed by atoms with Gasteiger partial charge in [0.25, 0.3) is 5.69 Å². The number of hydrogen-bond donors (Lipinski definition) is 1. The first-order valence-electron chi connectivity index (χ1n) is 5.51. The van der Waals surface area contributed by atoms with E-state index in [2.05, 4.69) is 31.9 Å². The minimum absolute atomic E-state index is 0.0722. The monoisotopic (exact) mass is 401 g/mol. The van der Waals surface area contributed by atoms with Crippen LogP contribution in [0.2, 0.25) is 0 Å². The number of nitrogens with zero attached hydrogens (tertiary/aromatic N) is 1. The Hall–Kier alpha value is -1.44. The average Bonchev–Trinajstić information content (AvgIpc) is 2.40. The van der Waals surface area contributed by atoms with Crippen molar-refractivity contribution in [2.45, 2.75) is 6.61 Å². The first-order valence-corrected chi connectivity index (χ1v) is 7.10. The Morgan fingerprint density at radius 1 is 1.15 bits per heavy atom. The molecule has 2 aromatic rings. The smallest absolute Gasteiger partial charge is 0.274 e. The largest absolute Gasteiger partial charge is 0.457 e. The van der Waals surface area contributed by atoms with Gasteiger partial charge in [-0.2, -0.15) is 0 Å². The van der Waals surface area contributed by atoms with Crippen molar-refractivity contribution in [1.29, 1.82) is 0 Å². The molecule has 0 heterocycles. The molecule has 1 N–H and O–H groups in total. The summed E-state index contributed by atoms with van der Waals surface area (Å²) in [6, 6.07) is 9.51.